The Morgan fingerprint density at radius 2 is 2.17 bits per heavy atom. The lowest BCUT2D eigenvalue weighted by Gasteiger charge is -2.14. The molecule has 0 atom stereocenters. The molecule has 62 valence electrons. The molecule has 0 aromatic heterocycles. The molecule has 0 fully saturated rings. The predicted molar refractivity (Wildman–Crippen MR) is 55.2 cm³/mol. The minimum absolute atomic E-state index is 1.04. The molecule has 0 bridgehead atoms. The van der Waals surface area contributed by atoms with Gasteiger partial charge in [-0.3, -0.25) is 0 Å². The van der Waals surface area contributed by atoms with Gasteiger partial charge >= 0.3 is 0 Å². The van der Waals surface area contributed by atoms with Crippen molar-refractivity contribution < 1.29 is 0 Å². The van der Waals surface area contributed by atoms with E-state index in [0.29, 0.717) is 0 Å². The van der Waals surface area contributed by atoms with Crippen molar-refractivity contribution >= 4 is 28.4 Å². The second kappa shape index (κ2) is 2.83. The zero-order valence-electron chi connectivity index (χ0n) is 7.09. The number of rotatable bonds is 0. The molecule has 1 aliphatic heterocycles. The smallest absolute Gasteiger partial charge is 0.0915 e. The van der Waals surface area contributed by atoms with Crippen molar-refractivity contribution in [2.45, 2.75) is 13.8 Å². The summed E-state index contributed by atoms with van der Waals surface area (Å²) in [6.45, 7) is 4.08. The summed E-state index contributed by atoms with van der Waals surface area (Å²) in [6.07, 6.45) is 0. The van der Waals surface area contributed by atoms with Gasteiger partial charge in [0.2, 0.25) is 0 Å². The molecule has 12 heavy (non-hydrogen) atoms. The molecule has 0 radical (unpaired) electrons. The molecule has 0 amide bonds. The first-order valence-electron chi connectivity index (χ1n) is 3.84. The molecule has 1 aromatic carbocycles. The lowest BCUT2D eigenvalue weighted by atomic mass is 10.2. The maximum Gasteiger partial charge on any atom is 0.0915 e. The SMILES string of the molecule is CC1=Nc2ccc(C)cc2NS1. The number of hydrogen-bond donors (Lipinski definition) is 1. The highest BCUT2D eigenvalue weighted by molar-refractivity contribution is 8.15. The largest absolute Gasteiger partial charge is 0.323 e. The molecule has 2 rings (SSSR count). The number of benzene rings is 1. The normalized spacial score (nSPS) is 14.7. The van der Waals surface area contributed by atoms with E-state index in [9.17, 15) is 0 Å². The van der Waals surface area contributed by atoms with Crippen LogP contribution in [0.2, 0.25) is 0 Å². The van der Waals surface area contributed by atoms with E-state index in [4.69, 9.17) is 0 Å². The molecule has 1 N–H and O–H groups in total. The molecular weight excluding hydrogens is 168 g/mol. The minimum atomic E-state index is 1.04. The first kappa shape index (κ1) is 7.68. The summed E-state index contributed by atoms with van der Waals surface area (Å²) >= 11 is 1.57. The summed E-state index contributed by atoms with van der Waals surface area (Å²) in [4.78, 5) is 4.40. The van der Waals surface area contributed by atoms with Gasteiger partial charge in [-0.15, -0.1) is 0 Å². The molecule has 0 unspecified atom stereocenters. The fourth-order valence-corrected chi connectivity index (χ4v) is 1.72. The van der Waals surface area contributed by atoms with Crippen LogP contribution in [0.4, 0.5) is 11.4 Å². The highest BCUT2D eigenvalue weighted by Crippen LogP contribution is 2.33. The quantitative estimate of drug-likeness (QED) is 0.617. The number of hydrogen-bond acceptors (Lipinski definition) is 3. The van der Waals surface area contributed by atoms with Gasteiger partial charge in [0.15, 0.2) is 0 Å². The van der Waals surface area contributed by atoms with Crippen molar-refractivity contribution in [2.75, 3.05) is 4.72 Å². The molecular formula is C9H10N2S. The van der Waals surface area contributed by atoms with Crippen molar-refractivity contribution in [3.05, 3.63) is 23.8 Å². The summed E-state index contributed by atoms with van der Waals surface area (Å²) in [7, 11) is 0. The molecule has 0 spiro atoms. The monoisotopic (exact) mass is 178 g/mol. The first-order chi connectivity index (χ1) is 5.75. The molecule has 2 nitrogen and oxygen atoms in total. The number of aliphatic imine (C=N–C) groups is 1. The molecule has 1 aliphatic rings. The van der Waals surface area contributed by atoms with Crippen LogP contribution in [-0.2, 0) is 0 Å². The van der Waals surface area contributed by atoms with Gasteiger partial charge in [0.05, 0.1) is 16.4 Å². The van der Waals surface area contributed by atoms with Crippen molar-refractivity contribution in [1.29, 1.82) is 0 Å². The Bertz CT molecular complexity index is 344. The summed E-state index contributed by atoms with van der Waals surface area (Å²) in [5.74, 6) is 0. The lowest BCUT2D eigenvalue weighted by Crippen LogP contribution is -1.98. The van der Waals surface area contributed by atoms with Gasteiger partial charge in [0.25, 0.3) is 0 Å². The Hall–Kier alpha value is -0.960. The molecule has 0 saturated carbocycles. The Kier molecular flexibility index (Phi) is 1.81. The third-order valence-electron chi connectivity index (χ3n) is 1.74. The van der Waals surface area contributed by atoms with Crippen LogP contribution in [-0.4, -0.2) is 5.04 Å². The highest BCUT2D eigenvalue weighted by atomic mass is 32.2. The van der Waals surface area contributed by atoms with Crippen molar-refractivity contribution in [1.82, 2.24) is 0 Å². The standard InChI is InChI=1S/C9H10N2S/c1-6-3-4-8-9(5-6)11-12-7(2)10-8/h3-5,11H,1-2H3. The first-order valence-corrected chi connectivity index (χ1v) is 4.66. The van der Waals surface area contributed by atoms with E-state index in [0.717, 1.165) is 16.4 Å². The zero-order chi connectivity index (χ0) is 8.55. The Labute approximate surface area is 76.2 Å². The summed E-state index contributed by atoms with van der Waals surface area (Å²) < 4.78 is 3.24. The van der Waals surface area contributed by atoms with E-state index < -0.39 is 0 Å². The predicted octanol–water partition coefficient (Wildman–Crippen LogP) is 3.12. The fourth-order valence-electron chi connectivity index (χ4n) is 1.15. The fraction of sp³-hybridized carbons (Fsp3) is 0.222. The summed E-state index contributed by atoms with van der Waals surface area (Å²) in [5, 5.41) is 1.06. The summed E-state index contributed by atoms with van der Waals surface area (Å²) in [6, 6.07) is 6.23. The van der Waals surface area contributed by atoms with Gasteiger partial charge in [0.1, 0.15) is 0 Å². The molecule has 1 heterocycles. The maximum absolute atomic E-state index is 4.40. The number of nitrogens with zero attached hydrogens (tertiary/aromatic N) is 1. The molecule has 0 aliphatic carbocycles. The van der Waals surface area contributed by atoms with Gasteiger partial charge in [-0.1, -0.05) is 6.07 Å². The van der Waals surface area contributed by atoms with Crippen LogP contribution < -0.4 is 4.72 Å². The number of aryl methyl sites for hydroxylation is 1. The van der Waals surface area contributed by atoms with Crippen molar-refractivity contribution in [3.63, 3.8) is 0 Å². The van der Waals surface area contributed by atoms with E-state index in [1.807, 2.05) is 13.0 Å². The van der Waals surface area contributed by atoms with Crippen LogP contribution in [0.5, 0.6) is 0 Å². The van der Waals surface area contributed by atoms with Crippen LogP contribution in [0.25, 0.3) is 0 Å². The maximum atomic E-state index is 4.40. The van der Waals surface area contributed by atoms with Gasteiger partial charge in [-0.05, 0) is 31.5 Å². The van der Waals surface area contributed by atoms with E-state index in [-0.39, 0.29) is 0 Å². The van der Waals surface area contributed by atoms with E-state index >= 15 is 0 Å². The van der Waals surface area contributed by atoms with E-state index in [1.165, 1.54) is 5.56 Å². The lowest BCUT2D eigenvalue weighted by molar-refractivity contribution is 1.43. The van der Waals surface area contributed by atoms with Crippen molar-refractivity contribution in [2.24, 2.45) is 4.99 Å². The average Bonchev–Trinajstić information content (AvgIpc) is 2.05. The second-order valence-corrected chi connectivity index (χ2v) is 3.85. The third kappa shape index (κ3) is 1.32. The summed E-state index contributed by atoms with van der Waals surface area (Å²) in [5.41, 5.74) is 3.42. The Morgan fingerprint density at radius 3 is 3.00 bits per heavy atom. The van der Waals surface area contributed by atoms with Crippen LogP contribution in [0.3, 0.4) is 0 Å². The number of fused-ring (bicyclic) bond motifs is 1. The molecule has 1 aromatic rings. The zero-order valence-corrected chi connectivity index (χ0v) is 7.90. The highest BCUT2D eigenvalue weighted by Gasteiger charge is 2.07. The Balaban J connectivity index is 2.51. The van der Waals surface area contributed by atoms with Crippen molar-refractivity contribution in [3.8, 4) is 0 Å². The third-order valence-corrected chi connectivity index (χ3v) is 2.45. The second-order valence-electron chi connectivity index (χ2n) is 2.86. The average molecular weight is 178 g/mol. The van der Waals surface area contributed by atoms with E-state index in [2.05, 4.69) is 28.8 Å². The van der Waals surface area contributed by atoms with Crippen LogP contribution >= 0.6 is 11.9 Å². The topological polar surface area (TPSA) is 24.4 Å². The van der Waals surface area contributed by atoms with Crippen LogP contribution in [0.15, 0.2) is 23.2 Å². The number of nitrogens with one attached hydrogen (secondary N) is 1. The number of anilines is 1. The van der Waals surface area contributed by atoms with E-state index in [1.54, 1.807) is 11.9 Å². The molecule has 3 heteroatoms. The Morgan fingerprint density at radius 1 is 1.33 bits per heavy atom. The van der Waals surface area contributed by atoms with Gasteiger partial charge in [-0.25, -0.2) is 4.99 Å². The van der Waals surface area contributed by atoms with Gasteiger partial charge in [-0.2, -0.15) is 0 Å². The van der Waals surface area contributed by atoms with Gasteiger partial charge < -0.3 is 4.72 Å². The minimum Gasteiger partial charge on any atom is -0.323 e. The van der Waals surface area contributed by atoms with Crippen LogP contribution in [0.1, 0.15) is 12.5 Å². The molecule has 0 saturated heterocycles. The van der Waals surface area contributed by atoms with Gasteiger partial charge in [0, 0.05) is 11.9 Å². The van der Waals surface area contributed by atoms with Crippen LogP contribution in [0, 0.1) is 6.92 Å².